The number of hydrogen-bond acceptors (Lipinski definition) is 5. The van der Waals surface area contributed by atoms with E-state index in [0.29, 0.717) is 10.3 Å². The lowest BCUT2D eigenvalue weighted by Crippen LogP contribution is -2.28. The van der Waals surface area contributed by atoms with E-state index in [-0.39, 0.29) is 17.8 Å². The van der Waals surface area contributed by atoms with Crippen LogP contribution in [-0.2, 0) is 0 Å². The van der Waals surface area contributed by atoms with E-state index in [1.165, 1.54) is 0 Å². The van der Waals surface area contributed by atoms with Crippen molar-refractivity contribution < 1.29 is 5.11 Å². The van der Waals surface area contributed by atoms with E-state index in [1.54, 1.807) is 24.0 Å². The first kappa shape index (κ1) is 14.8. The van der Waals surface area contributed by atoms with Crippen LogP contribution in [0.1, 0.15) is 30.3 Å². The lowest BCUT2D eigenvalue weighted by atomic mass is 9.96. The number of aromatic nitrogens is 1. The van der Waals surface area contributed by atoms with E-state index < -0.39 is 0 Å². The second-order valence-corrected chi connectivity index (χ2v) is 7.66. The SMILES string of the molecule is C[C@@H]1CN2C(=N[C@@H](c3ccccn3)[C@@H]2c2ccc(O)c(Cl)c2)S1. The minimum absolute atomic E-state index is 0.0493. The smallest absolute Gasteiger partial charge is 0.160 e. The highest BCUT2D eigenvalue weighted by atomic mass is 35.5. The summed E-state index contributed by atoms with van der Waals surface area (Å²) in [7, 11) is 0. The maximum absolute atomic E-state index is 9.71. The molecule has 23 heavy (non-hydrogen) atoms. The van der Waals surface area contributed by atoms with Crippen molar-refractivity contribution in [3.8, 4) is 5.75 Å². The van der Waals surface area contributed by atoms with Crippen LogP contribution in [0.25, 0.3) is 0 Å². The first-order chi connectivity index (χ1) is 11.1. The number of fused-ring (bicyclic) bond motifs is 1. The Labute approximate surface area is 144 Å². The standard InChI is InChI=1S/C17H16ClN3OS/c1-10-9-21-16(11-5-6-14(22)12(18)8-11)15(20-17(21)23-10)13-4-2-3-7-19-13/h2-8,10,15-16,22H,9H2,1H3/t10-,15+,16+/m1/s1. The average Bonchev–Trinajstić information content (AvgIpc) is 3.07. The van der Waals surface area contributed by atoms with Crippen molar-refractivity contribution in [1.82, 2.24) is 9.88 Å². The van der Waals surface area contributed by atoms with Crippen LogP contribution < -0.4 is 0 Å². The molecule has 3 atom stereocenters. The number of benzene rings is 1. The van der Waals surface area contributed by atoms with Gasteiger partial charge in [-0.2, -0.15) is 0 Å². The molecule has 4 rings (SSSR count). The number of aliphatic imine (C=N–C) groups is 1. The van der Waals surface area contributed by atoms with E-state index in [0.717, 1.165) is 23.0 Å². The van der Waals surface area contributed by atoms with Crippen molar-refractivity contribution in [3.63, 3.8) is 0 Å². The van der Waals surface area contributed by atoms with Crippen LogP contribution in [0.5, 0.6) is 5.75 Å². The average molecular weight is 346 g/mol. The van der Waals surface area contributed by atoms with E-state index in [2.05, 4.69) is 16.8 Å². The zero-order valence-corrected chi connectivity index (χ0v) is 14.1. The molecule has 2 aliphatic heterocycles. The largest absolute Gasteiger partial charge is 0.506 e. The Morgan fingerprint density at radius 1 is 1.30 bits per heavy atom. The number of aromatic hydroxyl groups is 1. The van der Waals surface area contributed by atoms with Gasteiger partial charge < -0.3 is 10.0 Å². The second-order valence-electron chi connectivity index (χ2n) is 5.85. The van der Waals surface area contributed by atoms with Gasteiger partial charge in [-0.15, -0.1) is 0 Å². The highest BCUT2D eigenvalue weighted by molar-refractivity contribution is 8.14. The molecule has 3 heterocycles. The predicted octanol–water partition coefficient (Wildman–Crippen LogP) is 4.03. The normalized spacial score (nSPS) is 26.3. The highest BCUT2D eigenvalue weighted by Gasteiger charge is 2.43. The second kappa shape index (κ2) is 5.73. The van der Waals surface area contributed by atoms with E-state index >= 15 is 0 Å². The third kappa shape index (κ3) is 2.58. The molecule has 0 amide bonds. The molecule has 1 N–H and O–H groups in total. The van der Waals surface area contributed by atoms with Gasteiger partial charge in [-0.25, -0.2) is 0 Å². The molecular weight excluding hydrogens is 330 g/mol. The molecule has 0 aliphatic carbocycles. The molecule has 1 aromatic carbocycles. The Balaban J connectivity index is 1.79. The summed E-state index contributed by atoms with van der Waals surface area (Å²) in [5.41, 5.74) is 2.01. The Hall–Kier alpha value is -1.72. The lowest BCUT2D eigenvalue weighted by molar-refractivity contribution is 0.321. The van der Waals surface area contributed by atoms with Crippen molar-refractivity contribution in [1.29, 1.82) is 0 Å². The maximum atomic E-state index is 9.71. The molecule has 6 heteroatoms. The fraction of sp³-hybridized carbons (Fsp3) is 0.294. The molecule has 2 aliphatic rings. The fourth-order valence-electron chi connectivity index (χ4n) is 3.19. The number of amidine groups is 1. The van der Waals surface area contributed by atoms with Crippen LogP contribution in [0.4, 0.5) is 0 Å². The molecule has 1 saturated heterocycles. The summed E-state index contributed by atoms with van der Waals surface area (Å²) >= 11 is 7.94. The van der Waals surface area contributed by atoms with Crippen molar-refractivity contribution in [3.05, 3.63) is 58.9 Å². The minimum atomic E-state index is -0.0493. The van der Waals surface area contributed by atoms with Gasteiger partial charge >= 0.3 is 0 Å². The molecule has 4 nitrogen and oxygen atoms in total. The van der Waals surface area contributed by atoms with Gasteiger partial charge in [0.25, 0.3) is 0 Å². The van der Waals surface area contributed by atoms with Gasteiger partial charge in [0.05, 0.1) is 16.8 Å². The van der Waals surface area contributed by atoms with Crippen LogP contribution in [-0.4, -0.2) is 32.0 Å². The highest BCUT2D eigenvalue weighted by Crippen LogP contribution is 2.48. The zero-order valence-electron chi connectivity index (χ0n) is 12.6. The van der Waals surface area contributed by atoms with Crippen molar-refractivity contribution in [2.24, 2.45) is 4.99 Å². The van der Waals surface area contributed by atoms with Gasteiger partial charge in [0.1, 0.15) is 11.8 Å². The summed E-state index contributed by atoms with van der Waals surface area (Å²) in [5, 5.41) is 11.7. The van der Waals surface area contributed by atoms with Crippen molar-refractivity contribution >= 4 is 28.5 Å². The summed E-state index contributed by atoms with van der Waals surface area (Å²) in [5.74, 6) is 0.105. The molecule has 0 unspecified atom stereocenters. The monoisotopic (exact) mass is 345 g/mol. The summed E-state index contributed by atoms with van der Waals surface area (Å²) in [6, 6.07) is 11.3. The summed E-state index contributed by atoms with van der Waals surface area (Å²) in [6.45, 7) is 3.16. The molecule has 0 radical (unpaired) electrons. The van der Waals surface area contributed by atoms with Gasteiger partial charge in [-0.1, -0.05) is 42.4 Å². The number of pyridine rings is 1. The van der Waals surface area contributed by atoms with Gasteiger partial charge in [0.15, 0.2) is 5.17 Å². The number of rotatable bonds is 2. The Morgan fingerprint density at radius 2 is 2.17 bits per heavy atom. The summed E-state index contributed by atoms with van der Waals surface area (Å²) < 4.78 is 0. The first-order valence-electron chi connectivity index (χ1n) is 7.54. The summed E-state index contributed by atoms with van der Waals surface area (Å²) in [4.78, 5) is 11.7. The first-order valence-corrected chi connectivity index (χ1v) is 8.79. The maximum Gasteiger partial charge on any atom is 0.160 e. The topological polar surface area (TPSA) is 48.7 Å². The Kier molecular flexibility index (Phi) is 3.70. The third-order valence-corrected chi connectivity index (χ3v) is 5.60. The van der Waals surface area contributed by atoms with E-state index in [1.807, 2.05) is 30.3 Å². The predicted molar refractivity (Wildman–Crippen MR) is 94.0 cm³/mol. The number of thioether (sulfide) groups is 1. The number of phenolic OH excluding ortho intramolecular Hbond substituents is 1. The third-order valence-electron chi connectivity index (χ3n) is 4.19. The summed E-state index contributed by atoms with van der Waals surface area (Å²) in [6.07, 6.45) is 1.80. The molecule has 118 valence electrons. The van der Waals surface area contributed by atoms with Crippen LogP contribution >= 0.6 is 23.4 Å². The van der Waals surface area contributed by atoms with Crippen LogP contribution in [0, 0.1) is 0 Å². The van der Waals surface area contributed by atoms with Gasteiger partial charge in [0, 0.05) is 18.0 Å². The van der Waals surface area contributed by atoms with Gasteiger partial charge in [-0.3, -0.25) is 9.98 Å². The molecule has 2 aromatic rings. The van der Waals surface area contributed by atoms with E-state index in [4.69, 9.17) is 16.6 Å². The Morgan fingerprint density at radius 3 is 2.91 bits per heavy atom. The molecule has 0 saturated carbocycles. The van der Waals surface area contributed by atoms with Crippen LogP contribution in [0.3, 0.4) is 0 Å². The van der Waals surface area contributed by atoms with Gasteiger partial charge in [0.2, 0.25) is 0 Å². The molecule has 0 bridgehead atoms. The zero-order chi connectivity index (χ0) is 16.0. The van der Waals surface area contributed by atoms with Crippen LogP contribution in [0.15, 0.2) is 47.6 Å². The number of phenols is 1. The number of hydrogen-bond donors (Lipinski definition) is 1. The quantitative estimate of drug-likeness (QED) is 0.892. The van der Waals surface area contributed by atoms with E-state index in [9.17, 15) is 5.11 Å². The fourth-order valence-corrected chi connectivity index (χ4v) is 4.47. The molecule has 0 spiro atoms. The molecule has 1 fully saturated rings. The molecular formula is C17H16ClN3OS. The number of nitrogens with zero attached hydrogens (tertiary/aromatic N) is 3. The van der Waals surface area contributed by atoms with Gasteiger partial charge in [-0.05, 0) is 29.8 Å². The minimum Gasteiger partial charge on any atom is -0.506 e. The van der Waals surface area contributed by atoms with Crippen molar-refractivity contribution in [2.75, 3.05) is 6.54 Å². The van der Waals surface area contributed by atoms with Crippen molar-refractivity contribution in [2.45, 2.75) is 24.3 Å². The molecule has 1 aromatic heterocycles. The van der Waals surface area contributed by atoms with Crippen LogP contribution in [0.2, 0.25) is 5.02 Å². The lowest BCUT2D eigenvalue weighted by Gasteiger charge is -2.27. The number of halogens is 1. The Bertz CT molecular complexity index is 768.